The van der Waals surface area contributed by atoms with Gasteiger partial charge in [0, 0.05) is 6.61 Å². The Morgan fingerprint density at radius 3 is 2.50 bits per heavy atom. The summed E-state index contributed by atoms with van der Waals surface area (Å²) in [6.45, 7) is 0.297. The average molecular weight is 389 g/mol. The lowest BCUT2D eigenvalue weighted by Crippen LogP contribution is -2.25. The van der Waals surface area contributed by atoms with E-state index in [0.717, 1.165) is 18.2 Å². The first-order valence-electron chi connectivity index (χ1n) is 7.75. The number of anilines is 1. The standard InChI is InChI=1S/C17H15F4NO3S/c18-11-6-5-10(9-12(11)19)16-14(7-8-25-16)22-13-3-1-2-4-15(13)26(23,24)17(20)21/h1-6,9,14,16-17,22H,7-8H2. The van der Waals surface area contributed by atoms with Crippen LogP contribution < -0.4 is 5.32 Å². The van der Waals surface area contributed by atoms with Gasteiger partial charge in [0.15, 0.2) is 11.6 Å². The molecule has 0 aliphatic carbocycles. The van der Waals surface area contributed by atoms with E-state index < -0.39 is 44.3 Å². The first-order valence-corrected chi connectivity index (χ1v) is 9.29. The molecular weight excluding hydrogens is 374 g/mol. The molecule has 0 bridgehead atoms. The van der Waals surface area contributed by atoms with Crippen LogP contribution in [0.1, 0.15) is 18.1 Å². The summed E-state index contributed by atoms with van der Waals surface area (Å²) in [5.41, 5.74) is 0.379. The number of sulfone groups is 1. The highest BCUT2D eigenvalue weighted by Gasteiger charge is 2.33. The number of alkyl halides is 2. The molecule has 1 N–H and O–H groups in total. The van der Waals surface area contributed by atoms with Gasteiger partial charge in [-0.3, -0.25) is 0 Å². The quantitative estimate of drug-likeness (QED) is 0.788. The van der Waals surface area contributed by atoms with Crippen molar-refractivity contribution >= 4 is 15.5 Å². The van der Waals surface area contributed by atoms with E-state index in [1.807, 2.05) is 0 Å². The third-order valence-corrected chi connectivity index (χ3v) is 5.57. The lowest BCUT2D eigenvalue weighted by Gasteiger charge is -2.23. The molecule has 0 radical (unpaired) electrons. The molecule has 0 amide bonds. The van der Waals surface area contributed by atoms with Gasteiger partial charge in [0.2, 0.25) is 9.84 Å². The van der Waals surface area contributed by atoms with E-state index in [9.17, 15) is 26.0 Å². The first-order chi connectivity index (χ1) is 12.3. The number of para-hydroxylation sites is 1. The van der Waals surface area contributed by atoms with Crippen LogP contribution in [-0.2, 0) is 14.6 Å². The molecule has 0 aromatic heterocycles. The number of ether oxygens (including phenoxy) is 1. The maximum Gasteiger partial charge on any atom is 0.341 e. The van der Waals surface area contributed by atoms with Crippen LogP contribution in [0.3, 0.4) is 0 Å². The van der Waals surface area contributed by atoms with Gasteiger partial charge in [-0.1, -0.05) is 18.2 Å². The largest absolute Gasteiger partial charge is 0.378 e. The minimum Gasteiger partial charge on any atom is -0.378 e. The third-order valence-electron chi connectivity index (χ3n) is 4.13. The second kappa shape index (κ2) is 7.24. The van der Waals surface area contributed by atoms with Crippen molar-refractivity contribution in [3.63, 3.8) is 0 Å². The van der Waals surface area contributed by atoms with Crippen LogP contribution >= 0.6 is 0 Å². The van der Waals surface area contributed by atoms with E-state index in [1.54, 1.807) is 0 Å². The lowest BCUT2D eigenvalue weighted by atomic mass is 10.0. The fourth-order valence-corrected chi connectivity index (χ4v) is 3.78. The van der Waals surface area contributed by atoms with Crippen LogP contribution in [0.4, 0.5) is 23.2 Å². The summed E-state index contributed by atoms with van der Waals surface area (Å²) < 4.78 is 81.6. The smallest absolute Gasteiger partial charge is 0.341 e. The predicted molar refractivity (Wildman–Crippen MR) is 86.7 cm³/mol. The second-order valence-corrected chi connectivity index (χ2v) is 7.69. The van der Waals surface area contributed by atoms with Crippen molar-refractivity contribution in [3.05, 3.63) is 59.7 Å². The monoisotopic (exact) mass is 389 g/mol. The number of nitrogens with one attached hydrogen (secondary N) is 1. The topological polar surface area (TPSA) is 55.4 Å². The van der Waals surface area contributed by atoms with E-state index in [2.05, 4.69) is 5.32 Å². The van der Waals surface area contributed by atoms with E-state index in [4.69, 9.17) is 4.74 Å². The first kappa shape index (κ1) is 18.7. The maximum absolute atomic E-state index is 13.5. The maximum atomic E-state index is 13.5. The number of hydrogen-bond donors (Lipinski definition) is 1. The van der Waals surface area contributed by atoms with Gasteiger partial charge in [0.25, 0.3) is 0 Å². The van der Waals surface area contributed by atoms with Gasteiger partial charge >= 0.3 is 5.76 Å². The molecule has 1 aliphatic rings. The van der Waals surface area contributed by atoms with Crippen molar-refractivity contribution in [2.75, 3.05) is 11.9 Å². The van der Waals surface area contributed by atoms with Gasteiger partial charge in [-0.15, -0.1) is 0 Å². The van der Waals surface area contributed by atoms with E-state index in [1.165, 1.54) is 24.3 Å². The Labute approximate surface area is 147 Å². The molecule has 2 aromatic carbocycles. The highest BCUT2D eigenvalue weighted by molar-refractivity contribution is 7.91. The van der Waals surface area contributed by atoms with Crippen molar-refractivity contribution in [1.82, 2.24) is 0 Å². The summed E-state index contributed by atoms with van der Waals surface area (Å²) in [6, 6.07) is 8.16. The average Bonchev–Trinajstić information content (AvgIpc) is 3.05. The molecule has 9 heteroatoms. The molecule has 2 aromatic rings. The van der Waals surface area contributed by atoms with Crippen molar-refractivity contribution in [2.24, 2.45) is 0 Å². The summed E-state index contributed by atoms with van der Waals surface area (Å²) >= 11 is 0. The number of rotatable bonds is 5. The van der Waals surface area contributed by atoms with Crippen LogP contribution in [-0.4, -0.2) is 26.8 Å². The minimum absolute atomic E-state index is 0.0101. The molecule has 26 heavy (non-hydrogen) atoms. The molecule has 2 unspecified atom stereocenters. The van der Waals surface area contributed by atoms with Crippen molar-refractivity contribution in [2.45, 2.75) is 29.2 Å². The Kier molecular flexibility index (Phi) is 5.19. The van der Waals surface area contributed by atoms with Gasteiger partial charge in [0.1, 0.15) is 6.10 Å². The fourth-order valence-electron chi connectivity index (χ4n) is 2.88. The summed E-state index contributed by atoms with van der Waals surface area (Å²) in [4.78, 5) is -0.522. The molecule has 3 rings (SSSR count). The van der Waals surface area contributed by atoms with Crippen LogP contribution in [0.5, 0.6) is 0 Å². The van der Waals surface area contributed by atoms with Crippen molar-refractivity contribution in [1.29, 1.82) is 0 Å². The van der Waals surface area contributed by atoms with Crippen LogP contribution in [0.25, 0.3) is 0 Å². The highest BCUT2D eigenvalue weighted by Crippen LogP contribution is 2.34. The fraction of sp³-hybridized carbons (Fsp3) is 0.294. The van der Waals surface area contributed by atoms with Gasteiger partial charge in [0.05, 0.1) is 16.6 Å². The van der Waals surface area contributed by atoms with Crippen LogP contribution in [0, 0.1) is 11.6 Å². The Balaban J connectivity index is 1.90. The second-order valence-electron chi connectivity index (χ2n) is 5.81. The predicted octanol–water partition coefficient (Wildman–Crippen LogP) is 3.90. The zero-order valence-corrected chi connectivity index (χ0v) is 14.1. The SMILES string of the molecule is O=S(=O)(c1ccccc1NC1CCOC1c1ccc(F)c(F)c1)C(F)F. The Bertz CT molecular complexity index is 905. The summed E-state index contributed by atoms with van der Waals surface area (Å²) in [5, 5.41) is 2.90. The third kappa shape index (κ3) is 3.54. The molecule has 140 valence electrons. The van der Waals surface area contributed by atoms with E-state index in [-0.39, 0.29) is 5.69 Å². The van der Waals surface area contributed by atoms with Crippen LogP contribution in [0.2, 0.25) is 0 Å². The molecule has 0 spiro atoms. The molecule has 0 saturated carbocycles. The zero-order valence-electron chi connectivity index (χ0n) is 13.3. The highest BCUT2D eigenvalue weighted by atomic mass is 32.2. The van der Waals surface area contributed by atoms with E-state index in [0.29, 0.717) is 18.6 Å². The van der Waals surface area contributed by atoms with Gasteiger partial charge in [-0.2, -0.15) is 8.78 Å². The summed E-state index contributed by atoms with van der Waals surface area (Å²) in [6.07, 6.45) is -0.236. The van der Waals surface area contributed by atoms with Crippen molar-refractivity contribution < 1.29 is 30.7 Å². The normalized spacial score (nSPS) is 20.5. The minimum atomic E-state index is -4.79. The Morgan fingerprint density at radius 1 is 1.08 bits per heavy atom. The molecule has 1 aliphatic heterocycles. The lowest BCUT2D eigenvalue weighted by molar-refractivity contribution is 0.107. The van der Waals surface area contributed by atoms with Crippen molar-refractivity contribution in [3.8, 4) is 0 Å². The summed E-state index contributed by atoms with van der Waals surface area (Å²) in [5.74, 6) is -5.57. The number of halogens is 4. The number of hydrogen-bond acceptors (Lipinski definition) is 4. The summed E-state index contributed by atoms with van der Waals surface area (Å²) in [7, 11) is -4.79. The molecular formula is C17H15F4NO3S. The van der Waals surface area contributed by atoms with Gasteiger partial charge < -0.3 is 10.1 Å². The molecule has 2 atom stereocenters. The molecule has 1 heterocycles. The van der Waals surface area contributed by atoms with E-state index >= 15 is 0 Å². The number of benzene rings is 2. The van der Waals surface area contributed by atoms with Crippen LogP contribution in [0.15, 0.2) is 47.4 Å². The van der Waals surface area contributed by atoms with Gasteiger partial charge in [-0.05, 0) is 36.2 Å². The Hall–Kier alpha value is -2.13. The molecule has 4 nitrogen and oxygen atoms in total. The molecule has 1 fully saturated rings. The Morgan fingerprint density at radius 2 is 1.81 bits per heavy atom. The molecule has 1 saturated heterocycles. The van der Waals surface area contributed by atoms with Gasteiger partial charge in [-0.25, -0.2) is 17.2 Å². The zero-order chi connectivity index (χ0) is 18.9.